The summed E-state index contributed by atoms with van der Waals surface area (Å²) in [5.74, 6) is 0.858. The predicted molar refractivity (Wildman–Crippen MR) is 65.8 cm³/mol. The van der Waals surface area contributed by atoms with Crippen molar-refractivity contribution in [2.75, 3.05) is 6.61 Å². The molecular formula is C10H16ClN3O3S. The zero-order valence-corrected chi connectivity index (χ0v) is 11.9. The molecule has 1 aromatic heterocycles. The van der Waals surface area contributed by atoms with E-state index in [2.05, 4.69) is 17.1 Å². The lowest BCUT2D eigenvalue weighted by Gasteiger charge is -2.15. The molecule has 2 unspecified atom stereocenters. The van der Waals surface area contributed by atoms with Gasteiger partial charge in [-0.25, -0.2) is 8.42 Å². The molecule has 0 amide bonds. The van der Waals surface area contributed by atoms with Gasteiger partial charge in [0.05, 0.1) is 0 Å². The summed E-state index contributed by atoms with van der Waals surface area (Å²) in [6.45, 7) is 5.18. The first kappa shape index (κ1) is 13.8. The summed E-state index contributed by atoms with van der Waals surface area (Å²) < 4.78 is 30.0. The summed E-state index contributed by atoms with van der Waals surface area (Å²) in [5, 5.41) is 7.47. The predicted octanol–water partition coefficient (Wildman–Crippen LogP) is 1.71. The Bertz CT molecular complexity index is 528. The van der Waals surface area contributed by atoms with Gasteiger partial charge >= 0.3 is 0 Å². The van der Waals surface area contributed by atoms with Gasteiger partial charge in [-0.15, -0.1) is 10.2 Å². The van der Waals surface area contributed by atoms with Gasteiger partial charge in [-0.2, -0.15) is 0 Å². The zero-order chi connectivity index (χ0) is 13.3. The van der Waals surface area contributed by atoms with E-state index in [1.807, 2.05) is 6.92 Å². The molecule has 0 saturated carbocycles. The first-order valence-electron chi connectivity index (χ1n) is 5.94. The van der Waals surface area contributed by atoms with Crippen LogP contribution in [0.3, 0.4) is 0 Å². The van der Waals surface area contributed by atoms with Crippen molar-refractivity contribution in [3.63, 3.8) is 0 Å². The zero-order valence-electron chi connectivity index (χ0n) is 10.3. The monoisotopic (exact) mass is 293 g/mol. The smallest absolute Gasteiger partial charge is 0.296 e. The Morgan fingerprint density at radius 2 is 2.22 bits per heavy atom. The third-order valence-corrected chi connectivity index (χ3v) is 4.20. The lowest BCUT2D eigenvalue weighted by atomic mass is 10.0. The summed E-state index contributed by atoms with van der Waals surface area (Å²) in [5.41, 5.74) is 0. The highest BCUT2D eigenvalue weighted by Crippen LogP contribution is 2.34. The number of aromatic nitrogens is 3. The summed E-state index contributed by atoms with van der Waals surface area (Å²) >= 11 is 0. The maximum absolute atomic E-state index is 11.4. The quantitative estimate of drug-likeness (QED) is 0.790. The minimum Gasteiger partial charge on any atom is -0.370 e. The van der Waals surface area contributed by atoms with E-state index in [0.29, 0.717) is 24.9 Å². The van der Waals surface area contributed by atoms with Crippen LogP contribution >= 0.6 is 10.7 Å². The number of ether oxygens (including phenoxy) is 1. The Labute approximate surface area is 111 Å². The van der Waals surface area contributed by atoms with Crippen LogP contribution in [0, 0.1) is 5.92 Å². The van der Waals surface area contributed by atoms with Gasteiger partial charge in [0.15, 0.2) is 5.82 Å². The van der Waals surface area contributed by atoms with Crippen LogP contribution in [0.4, 0.5) is 0 Å². The normalized spacial score (nSPS) is 24.6. The number of nitrogens with zero attached hydrogens (tertiary/aromatic N) is 3. The van der Waals surface area contributed by atoms with Crippen molar-refractivity contribution in [3.05, 3.63) is 5.82 Å². The Balaban J connectivity index is 2.45. The van der Waals surface area contributed by atoms with Crippen molar-refractivity contribution in [2.24, 2.45) is 5.92 Å². The standard InChI is InChI=1S/C10H16ClN3O3S/c1-3-5-14-9(8-7(2)4-6-17-8)12-13-10(14)18(11,15)16/h7-8H,3-6H2,1-2H3. The molecule has 1 saturated heterocycles. The lowest BCUT2D eigenvalue weighted by molar-refractivity contribution is 0.0833. The molecule has 102 valence electrons. The van der Waals surface area contributed by atoms with Crippen LogP contribution in [0.5, 0.6) is 0 Å². The van der Waals surface area contributed by atoms with E-state index in [0.717, 1.165) is 12.8 Å². The highest BCUT2D eigenvalue weighted by atomic mass is 35.7. The van der Waals surface area contributed by atoms with E-state index in [4.69, 9.17) is 15.4 Å². The van der Waals surface area contributed by atoms with Crippen LogP contribution < -0.4 is 0 Å². The molecule has 0 aromatic carbocycles. The molecule has 18 heavy (non-hydrogen) atoms. The molecule has 8 heteroatoms. The Morgan fingerprint density at radius 3 is 2.72 bits per heavy atom. The SMILES string of the molecule is CCCn1c(C2OCCC2C)nnc1S(=O)(=O)Cl. The van der Waals surface area contributed by atoms with Gasteiger partial charge in [-0.05, 0) is 18.8 Å². The molecular weight excluding hydrogens is 278 g/mol. The first-order chi connectivity index (χ1) is 8.45. The molecule has 0 spiro atoms. The number of hydrogen-bond donors (Lipinski definition) is 0. The van der Waals surface area contributed by atoms with E-state index in [9.17, 15) is 8.42 Å². The molecule has 2 atom stereocenters. The molecule has 2 heterocycles. The maximum atomic E-state index is 11.4. The Kier molecular flexibility index (Phi) is 3.93. The summed E-state index contributed by atoms with van der Waals surface area (Å²) in [6.07, 6.45) is 1.51. The van der Waals surface area contributed by atoms with Crippen LogP contribution in [0.15, 0.2) is 5.16 Å². The van der Waals surface area contributed by atoms with Crippen molar-refractivity contribution >= 4 is 19.7 Å². The van der Waals surface area contributed by atoms with Crippen molar-refractivity contribution in [2.45, 2.75) is 44.5 Å². The van der Waals surface area contributed by atoms with Crippen LogP contribution in [-0.2, 0) is 20.3 Å². The molecule has 0 aliphatic carbocycles. The molecule has 1 aliphatic rings. The minimum atomic E-state index is -3.88. The molecule has 1 fully saturated rings. The van der Waals surface area contributed by atoms with Gasteiger partial charge in [-0.3, -0.25) is 4.57 Å². The van der Waals surface area contributed by atoms with Gasteiger partial charge in [-0.1, -0.05) is 13.8 Å². The second-order valence-electron chi connectivity index (χ2n) is 4.49. The van der Waals surface area contributed by atoms with E-state index >= 15 is 0 Å². The topological polar surface area (TPSA) is 74.1 Å². The fourth-order valence-electron chi connectivity index (χ4n) is 2.15. The molecule has 0 bridgehead atoms. The van der Waals surface area contributed by atoms with Crippen LogP contribution in [0.1, 0.15) is 38.6 Å². The van der Waals surface area contributed by atoms with Crippen LogP contribution in [0.25, 0.3) is 0 Å². The van der Waals surface area contributed by atoms with E-state index < -0.39 is 9.05 Å². The average Bonchev–Trinajstić information content (AvgIpc) is 2.84. The highest BCUT2D eigenvalue weighted by molar-refractivity contribution is 8.13. The minimum absolute atomic E-state index is 0.191. The lowest BCUT2D eigenvalue weighted by Crippen LogP contribution is -2.15. The van der Waals surface area contributed by atoms with Gasteiger partial charge < -0.3 is 4.74 Å². The number of halogens is 1. The fourth-order valence-corrected chi connectivity index (χ4v) is 3.08. The maximum Gasteiger partial charge on any atom is 0.296 e. The highest BCUT2D eigenvalue weighted by Gasteiger charge is 2.33. The molecule has 1 aromatic rings. The van der Waals surface area contributed by atoms with Gasteiger partial charge in [0.2, 0.25) is 0 Å². The molecule has 2 rings (SSSR count). The Morgan fingerprint density at radius 1 is 1.50 bits per heavy atom. The van der Waals surface area contributed by atoms with Crippen molar-refractivity contribution in [1.29, 1.82) is 0 Å². The summed E-state index contributed by atoms with van der Waals surface area (Å²) in [4.78, 5) is 0. The second-order valence-corrected chi connectivity index (χ2v) is 6.95. The van der Waals surface area contributed by atoms with E-state index in [1.165, 1.54) is 0 Å². The fraction of sp³-hybridized carbons (Fsp3) is 0.800. The molecule has 0 N–H and O–H groups in total. The molecule has 6 nitrogen and oxygen atoms in total. The first-order valence-corrected chi connectivity index (χ1v) is 8.25. The third kappa shape index (κ3) is 2.53. The van der Waals surface area contributed by atoms with Crippen molar-refractivity contribution in [1.82, 2.24) is 14.8 Å². The van der Waals surface area contributed by atoms with Gasteiger partial charge in [0.25, 0.3) is 14.2 Å². The van der Waals surface area contributed by atoms with E-state index in [-0.39, 0.29) is 11.3 Å². The van der Waals surface area contributed by atoms with Gasteiger partial charge in [0.1, 0.15) is 6.10 Å². The summed E-state index contributed by atoms with van der Waals surface area (Å²) in [7, 11) is 1.49. The van der Waals surface area contributed by atoms with Crippen LogP contribution in [0.2, 0.25) is 0 Å². The average molecular weight is 294 g/mol. The molecule has 1 aliphatic heterocycles. The second kappa shape index (κ2) is 5.14. The van der Waals surface area contributed by atoms with E-state index in [1.54, 1.807) is 4.57 Å². The van der Waals surface area contributed by atoms with Gasteiger partial charge in [0, 0.05) is 23.8 Å². The Hall–Kier alpha value is -0.660. The van der Waals surface area contributed by atoms with Crippen molar-refractivity contribution < 1.29 is 13.2 Å². The van der Waals surface area contributed by atoms with Crippen molar-refractivity contribution in [3.8, 4) is 0 Å². The molecule has 0 radical (unpaired) electrons. The largest absolute Gasteiger partial charge is 0.370 e. The third-order valence-electron chi connectivity index (χ3n) is 3.05. The van der Waals surface area contributed by atoms with Crippen LogP contribution in [-0.4, -0.2) is 29.8 Å². The number of rotatable bonds is 4. The summed E-state index contributed by atoms with van der Waals surface area (Å²) in [6, 6.07) is 0. The number of hydrogen-bond acceptors (Lipinski definition) is 5.